The highest BCUT2D eigenvalue weighted by Crippen LogP contribution is 2.23. The van der Waals surface area contributed by atoms with Gasteiger partial charge in [0, 0.05) is 57.3 Å². The fourth-order valence-corrected chi connectivity index (χ4v) is 6.57. The molecule has 1 aromatic carbocycles. The molecule has 2 amide bonds. The topological polar surface area (TPSA) is 78.0 Å². The molecule has 0 spiro atoms. The molecule has 0 aromatic heterocycles. The van der Waals surface area contributed by atoms with Crippen LogP contribution in [0, 0.1) is 5.92 Å². The normalized spacial score (nSPS) is 25.2. The zero-order chi connectivity index (χ0) is 21.8. The van der Waals surface area contributed by atoms with E-state index in [4.69, 9.17) is 0 Å². The summed E-state index contributed by atoms with van der Waals surface area (Å²) in [6.07, 6.45) is 5.55. The van der Waals surface area contributed by atoms with Gasteiger partial charge in [-0.1, -0.05) is 30.3 Å². The quantitative estimate of drug-likeness (QED) is 0.653. The Hall–Kier alpha value is -2.19. The van der Waals surface area contributed by atoms with E-state index in [2.05, 4.69) is 4.90 Å². The van der Waals surface area contributed by atoms with Crippen LogP contribution in [0.5, 0.6) is 0 Å². The SMILES string of the molecule is O=C(C=Cc1ccccc1)N1CCC(C(=O)N2CCN(C3CCS(=O)(=O)C3)CC2)CC1. The number of hydrogen-bond acceptors (Lipinski definition) is 5. The molecule has 168 valence electrons. The average molecular weight is 446 g/mol. The highest BCUT2D eigenvalue weighted by molar-refractivity contribution is 7.91. The predicted octanol–water partition coefficient (Wildman–Crippen LogP) is 1.27. The van der Waals surface area contributed by atoms with Crippen LogP contribution in [0.15, 0.2) is 36.4 Å². The summed E-state index contributed by atoms with van der Waals surface area (Å²) in [4.78, 5) is 31.4. The van der Waals surface area contributed by atoms with Crippen LogP contribution in [0.25, 0.3) is 6.08 Å². The maximum Gasteiger partial charge on any atom is 0.246 e. The summed E-state index contributed by atoms with van der Waals surface area (Å²) in [7, 11) is -2.88. The smallest absolute Gasteiger partial charge is 0.246 e. The Bertz CT molecular complexity index is 915. The summed E-state index contributed by atoms with van der Waals surface area (Å²) in [5.74, 6) is 0.696. The van der Waals surface area contributed by atoms with Gasteiger partial charge in [0.05, 0.1) is 11.5 Å². The molecule has 3 heterocycles. The van der Waals surface area contributed by atoms with Crippen molar-refractivity contribution < 1.29 is 18.0 Å². The van der Waals surface area contributed by atoms with Crippen molar-refractivity contribution in [1.82, 2.24) is 14.7 Å². The van der Waals surface area contributed by atoms with Crippen molar-refractivity contribution in [3.63, 3.8) is 0 Å². The number of likely N-dealkylation sites (tertiary alicyclic amines) is 1. The summed E-state index contributed by atoms with van der Waals surface area (Å²) in [6.45, 7) is 4.02. The van der Waals surface area contributed by atoms with Gasteiger partial charge in [0.25, 0.3) is 0 Å². The van der Waals surface area contributed by atoms with Crippen LogP contribution in [0.2, 0.25) is 0 Å². The minimum absolute atomic E-state index is 0.00474. The lowest BCUT2D eigenvalue weighted by molar-refractivity contribution is -0.141. The van der Waals surface area contributed by atoms with E-state index < -0.39 is 9.84 Å². The Balaban J connectivity index is 1.22. The third-order valence-electron chi connectivity index (χ3n) is 6.72. The first-order valence-corrected chi connectivity index (χ1v) is 13.0. The first-order valence-electron chi connectivity index (χ1n) is 11.2. The summed E-state index contributed by atoms with van der Waals surface area (Å²) in [6, 6.07) is 9.86. The van der Waals surface area contributed by atoms with Gasteiger partial charge < -0.3 is 9.80 Å². The monoisotopic (exact) mass is 445 g/mol. The van der Waals surface area contributed by atoms with Crippen LogP contribution in [-0.2, 0) is 19.4 Å². The molecule has 1 aromatic rings. The van der Waals surface area contributed by atoms with Gasteiger partial charge in [0.1, 0.15) is 0 Å². The molecule has 3 fully saturated rings. The van der Waals surface area contributed by atoms with Gasteiger partial charge in [0.15, 0.2) is 9.84 Å². The molecule has 1 atom stereocenters. The first-order chi connectivity index (χ1) is 14.9. The lowest BCUT2D eigenvalue weighted by atomic mass is 9.94. The lowest BCUT2D eigenvalue weighted by Gasteiger charge is -2.40. The first kappa shape index (κ1) is 22.0. The second-order valence-corrected chi connectivity index (χ2v) is 11.0. The zero-order valence-electron chi connectivity index (χ0n) is 17.9. The van der Waals surface area contributed by atoms with Crippen molar-refractivity contribution in [3.05, 3.63) is 42.0 Å². The molecule has 31 heavy (non-hydrogen) atoms. The molecule has 8 heteroatoms. The van der Waals surface area contributed by atoms with Crippen molar-refractivity contribution in [2.75, 3.05) is 50.8 Å². The molecular weight excluding hydrogens is 414 g/mol. The van der Waals surface area contributed by atoms with E-state index in [1.807, 2.05) is 46.2 Å². The number of nitrogens with zero attached hydrogens (tertiary/aromatic N) is 3. The molecule has 3 aliphatic rings. The van der Waals surface area contributed by atoms with Crippen molar-refractivity contribution in [3.8, 4) is 0 Å². The Labute approximate surface area is 184 Å². The summed E-state index contributed by atoms with van der Waals surface area (Å²) in [5, 5.41) is 0. The van der Waals surface area contributed by atoms with Gasteiger partial charge in [-0.15, -0.1) is 0 Å². The van der Waals surface area contributed by atoms with Gasteiger partial charge in [0.2, 0.25) is 11.8 Å². The van der Waals surface area contributed by atoms with Gasteiger partial charge in [-0.05, 0) is 30.9 Å². The summed E-state index contributed by atoms with van der Waals surface area (Å²) < 4.78 is 23.5. The number of carbonyl (C=O) groups is 2. The minimum atomic E-state index is -2.88. The van der Waals surface area contributed by atoms with Gasteiger partial charge in [-0.2, -0.15) is 0 Å². The Morgan fingerprint density at radius 3 is 2.16 bits per heavy atom. The Morgan fingerprint density at radius 1 is 0.871 bits per heavy atom. The van der Waals surface area contributed by atoms with Gasteiger partial charge in [-0.3, -0.25) is 14.5 Å². The third-order valence-corrected chi connectivity index (χ3v) is 8.47. The molecule has 0 bridgehead atoms. The van der Waals surface area contributed by atoms with Crippen LogP contribution in [0.3, 0.4) is 0 Å². The maximum absolute atomic E-state index is 13.0. The highest BCUT2D eigenvalue weighted by Gasteiger charge is 2.36. The second-order valence-electron chi connectivity index (χ2n) is 8.76. The minimum Gasteiger partial charge on any atom is -0.340 e. The fraction of sp³-hybridized carbons (Fsp3) is 0.565. The standard InChI is InChI=1S/C23H31N3O4S/c27-22(7-6-19-4-2-1-3-5-19)25-11-8-20(9-12-25)23(28)26-15-13-24(14-16-26)21-10-17-31(29,30)18-21/h1-7,20-21H,8-18H2. The number of piperidine rings is 1. The van der Waals surface area contributed by atoms with E-state index >= 15 is 0 Å². The maximum atomic E-state index is 13.0. The second kappa shape index (κ2) is 9.53. The van der Waals surface area contributed by atoms with Crippen molar-refractivity contribution >= 4 is 27.7 Å². The van der Waals surface area contributed by atoms with E-state index in [-0.39, 0.29) is 35.3 Å². The van der Waals surface area contributed by atoms with Gasteiger partial charge in [-0.25, -0.2) is 8.42 Å². The highest BCUT2D eigenvalue weighted by atomic mass is 32.2. The largest absolute Gasteiger partial charge is 0.340 e. The molecule has 0 N–H and O–H groups in total. The van der Waals surface area contributed by atoms with E-state index in [0.717, 1.165) is 18.7 Å². The van der Waals surface area contributed by atoms with Crippen LogP contribution in [-0.4, -0.2) is 91.7 Å². The number of sulfone groups is 1. The Kier molecular flexibility index (Phi) is 6.77. The Morgan fingerprint density at radius 2 is 1.55 bits per heavy atom. The zero-order valence-corrected chi connectivity index (χ0v) is 18.7. The number of benzene rings is 1. The van der Waals surface area contributed by atoms with E-state index in [0.29, 0.717) is 45.4 Å². The van der Waals surface area contributed by atoms with E-state index in [1.165, 1.54) is 0 Å². The average Bonchev–Trinajstić information content (AvgIpc) is 3.17. The van der Waals surface area contributed by atoms with E-state index in [1.54, 1.807) is 6.08 Å². The molecule has 3 saturated heterocycles. The molecular formula is C23H31N3O4S. The molecule has 3 aliphatic heterocycles. The third kappa shape index (κ3) is 5.54. The van der Waals surface area contributed by atoms with E-state index in [9.17, 15) is 18.0 Å². The molecule has 0 radical (unpaired) electrons. The number of amides is 2. The number of piperazine rings is 1. The molecule has 7 nitrogen and oxygen atoms in total. The molecule has 1 unspecified atom stereocenters. The van der Waals surface area contributed by atoms with Gasteiger partial charge >= 0.3 is 0 Å². The predicted molar refractivity (Wildman–Crippen MR) is 120 cm³/mol. The lowest BCUT2D eigenvalue weighted by Crippen LogP contribution is -2.54. The van der Waals surface area contributed by atoms with Crippen LogP contribution in [0.4, 0.5) is 0 Å². The fourth-order valence-electron chi connectivity index (χ4n) is 4.81. The summed E-state index contributed by atoms with van der Waals surface area (Å²) in [5.41, 5.74) is 0.996. The molecule has 0 aliphatic carbocycles. The molecule has 0 saturated carbocycles. The number of hydrogen-bond donors (Lipinski definition) is 0. The van der Waals surface area contributed by atoms with Crippen molar-refractivity contribution in [1.29, 1.82) is 0 Å². The van der Waals surface area contributed by atoms with Crippen molar-refractivity contribution in [2.24, 2.45) is 5.92 Å². The van der Waals surface area contributed by atoms with Crippen LogP contribution < -0.4 is 0 Å². The molecule has 4 rings (SSSR count). The van der Waals surface area contributed by atoms with Crippen LogP contribution in [0.1, 0.15) is 24.8 Å². The van der Waals surface area contributed by atoms with Crippen LogP contribution >= 0.6 is 0 Å². The summed E-state index contributed by atoms with van der Waals surface area (Å²) >= 11 is 0. The number of carbonyl (C=O) groups excluding carboxylic acids is 2. The number of rotatable bonds is 4. The van der Waals surface area contributed by atoms with Crippen molar-refractivity contribution in [2.45, 2.75) is 25.3 Å².